The molecule has 19 nitrogen and oxygen atoms in total. The normalized spacial score (nSPS) is 15.4. The maximum Gasteiger partial charge on any atom is 1.00 e. The molecule has 226 valence electrons. The molecule has 0 spiro atoms. The van der Waals surface area contributed by atoms with E-state index in [1.54, 1.807) is 0 Å². The average molecular weight is 641 g/mol. The number of carboxylic acids is 1. The molecule has 3 aromatic rings. The standard InChI is InChI=1S/C23H22N8O11S.Na/c24-23-29-18-17(20(35)30-23)27-12(9-26-18)8-25-11-3-1-10(2-4-11)19(34)28-13(22(37)38)5-6-16(33)42-31-15(32)7-14(21(31)36)43(39,40)41;/h1-4,9,13-14,25H,5-8H2,(H,28,34)(H,37,38)(H,39,40,41)(H3,24,26,29,30,35);/q;+1/p-1/t13-,14?;/m0./s1. The third kappa shape index (κ3) is 8.11. The Balaban J connectivity index is 0.00000529. The number of H-pyrrole nitrogens is 1. The van der Waals surface area contributed by atoms with Gasteiger partial charge in [-0.1, -0.05) is 0 Å². The Hall–Kier alpha value is -4.50. The number of aliphatic carboxylic acids is 1. The maximum atomic E-state index is 12.6. The number of nitrogens with one attached hydrogen (secondary N) is 3. The van der Waals surface area contributed by atoms with Crippen LogP contribution in [0.5, 0.6) is 0 Å². The molecule has 6 N–H and O–H groups in total. The number of nitrogen functional groups attached to an aromatic ring is 1. The molecule has 1 saturated heterocycles. The number of benzene rings is 1. The molecule has 21 heteroatoms. The first-order valence-electron chi connectivity index (χ1n) is 12.1. The summed E-state index contributed by atoms with van der Waals surface area (Å²) in [5.41, 5.74) is 6.03. The molecule has 4 rings (SSSR count). The van der Waals surface area contributed by atoms with E-state index in [4.69, 9.17) is 5.73 Å². The number of imide groups is 1. The summed E-state index contributed by atoms with van der Waals surface area (Å²) in [7, 11) is -5.16. The van der Waals surface area contributed by atoms with Gasteiger partial charge in [0.15, 0.2) is 11.2 Å². The number of carbonyl (C=O) groups is 5. The van der Waals surface area contributed by atoms with Crippen LogP contribution in [-0.2, 0) is 40.7 Å². The number of anilines is 2. The predicted molar refractivity (Wildman–Crippen MR) is 140 cm³/mol. The van der Waals surface area contributed by atoms with Gasteiger partial charge in [-0.05, 0) is 30.7 Å². The summed E-state index contributed by atoms with van der Waals surface area (Å²) in [6, 6.07) is 4.23. The van der Waals surface area contributed by atoms with Crippen molar-refractivity contribution in [1.29, 1.82) is 0 Å². The minimum atomic E-state index is -5.16. The van der Waals surface area contributed by atoms with Crippen LogP contribution in [0.15, 0.2) is 35.3 Å². The molecule has 1 aromatic carbocycles. The van der Waals surface area contributed by atoms with E-state index < -0.39 is 75.9 Å². The van der Waals surface area contributed by atoms with Crippen molar-refractivity contribution in [1.82, 2.24) is 30.3 Å². The second kappa shape index (κ2) is 13.9. The Kier molecular flexibility index (Phi) is 10.7. The number of carbonyl (C=O) groups excluding carboxylic acids is 4. The van der Waals surface area contributed by atoms with Crippen LogP contribution in [0.4, 0.5) is 11.6 Å². The third-order valence-corrected chi connectivity index (χ3v) is 7.02. The van der Waals surface area contributed by atoms with Crippen LogP contribution < -0.4 is 51.5 Å². The van der Waals surface area contributed by atoms with E-state index in [1.165, 1.54) is 30.5 Å². The molecule has 1 fully saturated rings. The molecule has 3 amide bonds. The Bertz CT molecular complexity index is 1800. The molecule has 1 aliphatic heterocycles. The number of nitrogens with zero attached hydrogens (tertiary/aromatic N) is 4. The van der Waals surface area contributed by atoms with E-state index in [0.717, 1.165) is 0 Å². The van der Waals surface area contributed by atoms with Gasteiger partial charge in [0.2, 0.25) is 5.95 Å². The zero-order valence-electron chi connectivity index (χ0n) is 22.7. The van der Waals surface area contributed by atoms with Crippen LogP contribution in [0, 0.1) is 0 Å². The number of nitrogens with two attached hydrogens (primary N) is 1. The molecule has 3 heterocycles. The Labute approximate surface area is 268 Å². The average Bonchev–Trinajstić information content (AvgIpc) is 3.23. The van der Waals surface area contributed by atoms with Gasteiger partial charge in [-0.2, -0.15) is 4.98 Å². The van der Waals surface area contributed by atoms with Crippen LogP contribution in [0.1, 0.15) is 35.3 Å². The first kappa shape index (κ1) is 34.0. The Morgan fingerprint density at radius 2 is 1.86 bits per heavy atom. The van der Waals surface area contributed by atoms with Crippen LogP contribution >= 0.6 is 0 Å². The zero-order chi connectivity index (χ0) is 31.5. The topological polar surface area (TPSA) is 297 Å². The first-order chi connectivity index (χ1) is 20.2. The van der Waals surface area contributed by atoms with Gasteiger partial charge in [0.1, 0.15) is 21.4 Å². The van der Waals surface area contributed by atoms with Crippen LogP contribution in [-0.4, -0.2) is 84.0 Å². The predicted octanol–water partition coefficient (Wildman–Crippen LogP) is -4.99. The number of hydroxylamine groups is 2. The van der Waals surface area contributed by atoms with Crippen molar-refractivity contribution in [2.45, 2.75) is 37.1 Å². The summed E-state index contributed by atoms with van der Waals surface area (Å²) in [4.78, 5) is 91.0. The van der Waals surface area contributed by atoms with E-state index in [1.807, 2.05) is 0 Å². The number of carboxylic acid groups (broad SMARTS) is 1. The maximum absolute atomic E-state index is 12.6. The van der Waals surface area contributed by atoms with Crippen molar-refractivity contribution in [3.05, 3.63) is 52.1 Å². The zero-order valence-corrected chi connectivity index (χ0v) is 25.5. The molecule has 0 radical (unpaired) electrons. The molecular weight excluding hydrogens is 619 g/mol. The number of fused-ring (bicyclic) bond motifs is 1. The summed E-state index contributed by atoms with van der Waals surface area (Å²) in [5, 5.41) is 12.3. The van der Waals surface area contributed by atoms with Crippen LogP contribution in [0.2, 0.25) is 0 Å². The summed E-state index contributed by atoms with van der Waals surface area (Å²) in [6.45, 7) is 0.150. The number of hydrogen-bond donors (Lipinski definition) is 5. The Morgan fingerprint density at radius 1 is 1.18 bits per heavy atom. The summed E-state index contributed by atoms with van der Waals surface area (Å²) in [5.74, 6) is -6.43. The SMILES string of the molecule is Nc1nc2ncc(CNc3ccc(C(=O)N[C@@H](CCC(=O)ON4C(=O)CC(S(=O)(=O)[O-])C4=O)C(=O)O)cc3)nc2c(=O)[nH]1.[Na+]. The van der Waals surface area contributed by atoms with Crippen molar-refractivity contribution in [3.63, 3.8) is 0 Å². The van der Waals surface area contributed by atoms with E-state index >= 15 is 0 Å². The molecule has 2 aromatic heterocycles. The fourth-order valence-corrected chi connectivity index (χ4v) is 4.49. The molecule has 2 atom stereocenters. The fourth-order valence-electron chi connectivity index (χ4n) is 3.80. The molecule has 0 aliphatic carbocycles. The quantitative estimate of drug-likeness (QED) is 0.0744. The van der Waals surface area contributed by atoms with Crippen molar-refractivity contribution >= 4 is 62.6 Å². The van der Waals surface area contributed by atoms with Crippen molar-refractivity contribution in [2.75, 3.05) is 11.1 Å². The summed E-state index contributed by atoms with van der Waals surface area (Å²) < 4.78 is 33.2. The van der Waals surface area contributed by atoms with E-state index in [9.17, 15) is 46.8 Å². The van der Waals surface area contributed by atoms with Crippen molar-refractivity contribution < 1.29 is 76.4 Å². The van der Waals surface area contributed by atoms with E-state index in [-0.39, 0.29) is 63.8 Å². The molecular formula is C23H21N8NaO11S. The van der Waals surface area contributed by atoms with Gasteiger partial charge in [-0.15, -0.1) is 5.06 Å². The molecule has 0 saturated carbocycles. The monoisotopic (exact) mass is 640 g/mol. The number of amides is 3. The molecule has 0 bridgehead atoms. The molecule has 1 aliphatic rings. The number of rotatable bonds is 11. The Morgan fingerprint density at radius 3 is 2.48 bits per heavy atom. The van der Waals surface area contributed by atoms with Gasteiger partial charge in [0.25, 0.3) is 23.3 Å². The minimum absolute atomic E-state index is 0. The van der Waals surface area contributed by atoms with Gasteiger partial charge < -0.3 is 30.9 Å². The van der Waals surface area contributed by atoms with Gasteiger partial charge in [-0.25, -0.2) is 28.0 Å². The number of hydrogen-bond acceptors (Lipinski definition) is 15. The van der Waals surface area contributed by atoms with Gasteiger partial charge in [-0.3, -0.25) is 24.2 Å². The third-order valence-electron chi connectivity index (χ3n) is 5.95. The summed E-state index contributed by atoms with van der Waals surface area (Å²) in [6.07, 6.45) is -0.804. The summed E-state index contributed by atoms with van der Waals surface area (Å²) >= 11 is 0. The van der Waals surface area contributed by atoms with Crippen molar-refractivity contribution in [2.24, 2.45) is 0 Å². The van der Waals surface area contributed by atoms with Crippen LogP contribution in [0.25, 0.3) is 11.2 Å². The smallest absolute Gasteiger partial charge is 0.747 e. The van der Waals surface area contributed by atoms with Gasteiger partial charge in [0.05, 0.1) is 31.3 Å². The largest absolute Gasteiger partial charge is 1.00 e. The van der Waals surface area contributed by atoms with Crippen LogP contribution in [0.3, 0.4) is 0 Å². The van der Waals surface area contributed by atoms with Gasteiger partial charge in [0, 0.05) is 11.3 Å². The van der Waals surface area contributed by atoms with Gasteiger partial charge >= 0.3 is 41.5 Å². The first-order valence-corrected chi connectivity index (χ1v) is 13.6. The number of aromatic nitrogens is 4. The second-order valence-corrected chi connectivity index (χ2v) is 10.5. The fraction of sp³-hybridized carbons (Fsp3) is 0.261. The van der Waals surface area contributed by atoms with E-state index in [0.29, 0.717) is 11.4 Å². The van der Waals surface area contributed by atoms with E-state index in [2.05, 4.69) is 35.4 Å². The second-order valence-electron chi connectivity index (χ2n) is 8.99. The number of aromatic amines is 1. The molecule has 1 unspecified atom stereocenters. The van der Waals surface area contributed by atoms with Crippen molar-refractivity contribution in [3.8, 4) is 0 Å². The molecule has 44 heavy (non-hydrogen) atoms. The minimum Gasteiger partial charge on any atom is -0.747 e.